The van der Waals surface area contributed by atoms with Crippen LogP contribution in [0.5, 0.6) is 11.5 Å². The van der Waals surface area contributed by atoms with Crippen LogP contribution in [0, 0.1) is 18.8 Å². The highest BCUT2D eigenvalue weighted by molar-refractivity contribution is 5.96. The van der Waals surface area contributed by atoms with E-state index in [1.54, 1.807) is 7.11 Å². The SMILES string of the molecule is COCCCOc1cc(C(=O)N(C[C@@H]2CNC[C@H]2CN(C(=O)Cc2ccc3c(c2)NC(=O)CO3)C2CC2)C(C)C)ccc1C. The molecule has 0 aromatic heterocycles. The Hall–Kier alpha value is -3.63. The van der Waals surface area contributed by atoms with Gasteiger partial charge in [-0.25, -0.2) is 0 Å². The third-order valence-electron chi connectivity index (χ3n) is 8.75. The molecule has 44 heavy (non-hydrogen) atoms. The lowest BCUT2D eigenvalue weighted by Gasteiger charge is -2.34. The van der Waals surface area contributed by atoms with E-state index in [4.69, 9.17) is 14.2 Å². The fourth-order valence-corrected chi connectivity index (χ4v) is 6.05. The summed E-state index contributed by atoms with van der Waals surface area (Å²) in [4.78, 5) is 43.2. The van der Waals surface area contributed by atoms with Crippen LogP contribution in [0.2, 0.25) is 0 Å². The first kappa shape index (κ1) is 31.8. The molecule has 2 fully saturated rings. The summed E-state index contributed by atoms with van der Waals surface area (Å²) in [5.41, 5.74) is 3.08. The number of fused-ring (bicyclic) bond motifs is 1. The molecule has 2 aromatic carbocycles. The minimum atomic E-state index is -0.191. The molecule has 0 radical (unpaired) electrons. The smallest absolute Gasteiger partial charge is 0.262 e. The zero-order valence-electron chi connectivity index (χ0n) is 26.4. The monoisotopic (exact) mass is 606 g/mol. The molecule has 2 aliphatic heterocycles. The van der Waals surface area contributed by atoms with Gasteiger partial charge in [-0.1, -0.05) is 12.1 Å². The standard InChI is InChI=1S/C34H46N4O6/c1-22(2)37(34(41)25-8-6-23(3)31(16-25)43-13-5-12-42-4)19-26-17-35-18-27(26)20-38(28-9-10-28)33(40)15-24-7-11-30-29(14-24)36-32(39)21-44-30/h6-8,11,14,16,22,26-28,35H,5,9-10,12-13,15,17-21H2,1-4H3,(H,36,39)/t26-,27-/m0/s1. The Kier molecular flexibility index (Phi) is 10.4. The lowest BCUT2D eigenvalue weighted by atomic mass is 9.93. The lowest BCUT2D eigenvalue weighted by Crippen LogP contribution is -2.45. The van der Waals surface area contributed by atoms with Crippen molar-refractivity contribution in [2.24, 2.45) is 11.8 Å². The molecule has 2 heterocycles. The maximum absolute atomic E-state index is 13.8. The number of benzene rings is 2. The first-order valence-electron chi connectivity index (χ1n) is 15.8. The van der Waals surface area contributed by atoms with E-state index in [1.807, 2.05) is 53.1 Å². The van der Waals surface area contributed by atoms with E-state index in [9.17, 15) is 14.4 Å². The van der Waals surface area contributed by atoms with E-state index >= 15 is 0 Å². The fraction of sp³-hybridized carbons (Fsp3) is 0.559. The highest BCUT2D eigenvalue weighted by atomic mass is 16.5. The number of carbonyl (C=O) groups is 3. The number of amides is 3. The minimum absolute atomic E-state index is 0.00689. The first-order chi connectivity index (χ1) is 21.2. The van der Waals surface area contributed by atoms with Gasteiger partial charge in [0, 0.05) is 64.0 Å². The van der Waals surface area contributed by atoms with Crippen LogP contribution in [0.25, 0.3) is 0 Å². The van der Waals surface area contributed by atoms with Gasteiger partial charge >= 0.3 is 0 Å². The van der Waals surface area contributed by atoms with E-state index in [1.165, 1.54) is 0 Å². The molecule has 1 saturated heterocycles. The second kappa shape index (κ2) is 14.4. The Morgan fingerprint density at radius 1 is 1.05 bits per heavy atom. The lowest BCUT2D eigenvalue weighted by molar-refractivity contribution is -0.131. The number of aryl methyl sites for hydroxylation is 1. The van der Waals surface area contributed by atoms with Gasteiger partial charge in [0.2, 0.25) is 5.91 Å². The van der Waals surface area contributed by atoms with E-state index < -0.39 is 0 Å². The Morgan fingerprint density at radius 3 is 2.55 bits per heavy atom. The largest absolute Gasteiger partial charge is 0.493 e. The van der Waals surface area contributed by atoms with Gasteiger partial charge in [-0.2, -0.15) is 0 Å². The summed E-state index contributed by atoms with van der Waals surface area (Å²) in [6, 6.07) is 11.5. The Balaban J connectivity index is 1.23. The van der Waals surface area contributed by atoms with Gasteiger partial charge in [0.05, 0.1) is 18.7 Å². The molecule has 238 valence electrons. The molecule has 0 spiro atoms. The molecule has 0 unspecified atom stereocenters. The summed E-state index contributed by atoms with van der Waals surface area (Å²) in [6.45, 7) is 10.2. The molecule has 3 amide bonds. The van der Waals surface area contributed by atoms with Gasteiger partial charge in [0.25, 0.3) is 11.8 Å². The number of rotatable bonds is 14. The molecule has 2 atom stereocenters. The summed E-state index contributed by atoms with van der Waals surface area (Å²) >= 11 is 0. The molecule has 1 saturated carbocycles. The number of methoxy groups -OCH3 is 1. The van der Waals surface area contributed by atoms with Crippen LogP contribution < -0.4 is 20.1 Å². The molecule has 10 heteroatoms. The van der Waals surface area contributed by atoms with Crippen molar-refractivity contribution >= 4 is 23.4 Å². The predicted octanol–water partition coefficient (Wildman–Crippen LogP) is 3.66. The first-order valence-corrected chi connectivity index (χ1v) is 15.8. The summed E-state index contributed by atoms with van der Waals surface area (Å²) in [5.74, 6) is 1.71. The summed E-state index contributed by atoms with van der Waals surface area (Å²) in [7, 11) is 1.67. The Bertz CT molecular complexity index is 1340. The Morgan fingerprint density at radius 2 is 1.82 bits per heavy atom. The maximum Gasteiger partial charge on any atom is 0.262 e. The van der Waals surface area contributed by atoms with E-state index in [-0.39, 0.29) is 54.7 Å². The number of carbonyl (C=O) groups excluding carboxylic acids is 3. The molecular weight excluding hydrogens is 560 g/mol. The van der Waals surface area contributed by atoms with Crippen molar-refractivity contribution in [3.63, 3.8) is 0 Å². The van der Waals surface area contributed by atoms with Gasteiger partial charge in [0.15, 0.2) is 6.61 Å². The van der Waals surface area contributed by atoms with E-state index in [2.05, 4.69) is 24.5 Å². The highest BCUT2D eigenvalue weighted by Crippen LogP contribution is 2.33. The topological polar surface area (TPSA) is 109 Å². The van der Waals surface area contributed by atoms with Crippen molar-refractivity contribution in [2.45, 2.75) is 58.5 Å². The molecule has 10 nitrogen and oxygen atoms in total. The number of nitrogens with one attached hydrogen (secondary N) is 2. The Labute approximate surface area is 260 Å². The molecule has 3 aliphatic rings. The van der Waals surface area contributed by atoms with Crippen LogP contribution in [0.3, 0.4) is 0 Å². The third-order valence-corrected chi connectivity index (χ3v) is 8.75. The van der Waals surface area contributed by atoms with Gasteiger partial charge < -0.3 is 34.6 Å². The number of ether oxygens (including phenoxy) is 3. The zero-order chi connectivity index (χ0) is 31.2. The number of anilines is 1. The molecular formula is C34H46N4O6. The number of hydrogen-bond acceptors (Lipinski definition) is 7. The molecule has 2 aromatic rings. The zero-order valence-corrected chi connectivity index (χ0v) is 26.4. The number of nitrogens with zero attached hydrogens (tertiary/aromatic N) is 2. The van der Waals surface area contributed by atoms with Gasteiger partial charge in [0.1, 0.15) is 11.5 Å². The van der Waals surface area contributed by atoms with Crippen molar-refractivity contribution in [1.82, 2.24) is 15.1 Å². The van der Waals surface area contributed by atoms with Gasteiger partial charge in [-0.3, -0.25) is 14.4 Å². The quantitative estimate of drug-likeness (QED) is 0.316. The van der Waals surface area contributed by atoms with Crippen LogP contribution in [0.4, 0.5) is 5.69 Å². The van der Waals surface area contributed by atoms with Crippen LogP contribution in [0.1, 0.15) is 54.6 Å². The molecule has 2 N–H and O–H groups in total. The van der Waals surface area contributed by atoms with Crippen LogP contribution in [-0.2, 0) is 20.7 Å². The second-order valence-electron chi connectivity index (χ2n) is 12.5. The minimum Gasteiger partial charge on any atom is -0.493 e. The van der Waals surface area contributed by atoms with E-state index in [0.717, 1.165) is 49.2 Å². The normalized spacial score (nSPS) is 19.2. The molecule has 0 bridgehead atoms. The third kappa shape index (κ3) is 7.90. The summed E-state index contributed by atoms with van der Waals surface area (Å²) < 4.78 is 16.6. The molecule has 5 rings (SSSR count). The van der Waals surface area contributed by atoms with Gasteiger partial charge in [-0.15, -0.1) is 0 Å². The maximum atomic E-state index is 13.8. The van der Waals surface area contributed by atoms with Crippen LogP contribution in [-0.4, -0.2) is 92.7 Å². The average molecular weight is 607 g/mol. The predicted molar refractivity (Wildman–Crippen MR) is 168 cm³/mol. The highest BCUT2D eigenvalue weighted by Gasteiger charge is 2.38. The molecule has 1 aliphatic carbocycles. The van der Waals surface area contributed by atoms with Crippen molar-refractivity contribution in [2.75, 3.05) is 58.4 Å². The number of hydrogen-bond donors (Lipinski definition) is 2. The van der Waals surface area contributed by atoms with Crippen molar-refractivity contribution in [3.05, 3.63) is 53.1 Å². The van der Waals surface area contributed by atoms with Crippen molar-refractivity contribution in [1.29, 1.82) is 0 Å². The average Bonchev–Trinajstić information content (AvgIpc) is 3.75. The summed E-state index contributed by atoms with van der Waals surface area (Å²) in [6.07, 6.45) is 3.09. The van der Waals surface area contributed by atoms with Crippen LogP contribution in [0.15, 0.2) is 36.4 Å². The van der Waals surface area contributed by atoms with E-state index in [0.29, 0.717) is 43.3 Å². The van der Waals surface area contributed by atoms with Gasteiger partial charge in [-0.05, 0) is 80.8 Å². The van der Waals surface area contributed by atoms with Crippen molar-refractivity contribution in [3.8, 4) is 11.5 Å². The van der Waals surface area contributed by atoms with Crippen molar-refractivity contribution < 1.29 is 28.6 Å². The fourth-order valence-electron chi connectivity index (χ4n) is 6.05. The summed E-state index contributed by atoms with van der Waals surface area (Å²) in [5, 5.41) is 6.36. The second-order valence-corrected chi connectivity index (χ2v) is 12.5. The van der Waals surface area contributed by atoms with Crippen LogP contribution >= 0.6 is 0 Å².